The first-order chi connectivity index (χ1) is 9.59. The molecule has 2 aromatic carbocycles. The molecule has 2 heteroatoms. The molecule has 0 saturated heterocycles. The highest BCUT2D eigenvalue weighted by Gasteiger charge is 2.30. The summed E-state index contributed by atoms with van der Waals surface area (Å²) in [7, 11) is 0. The summed E-state index contributed by atoms with van der Waals surface area (Å²) in [6.45, 7) is 4.13. The molecule has 0 fully saturated rings. The minimum absolute atomic E-state index is 0.0150. The topological polar surface area (TPSA) is 40.5 Å². The van der Waals surface area contributed by atoms with E-state index in [4.69, 9.17) is 0 Å². The molecule has 2 N–H and O–H groups in total. The van der Waals surface area contributed by atoms with Crippen molar-refractivity contribution in [3.05, 3.63) is 58.7 Å². The molecule has 2 aromatic rings. The number of hydrogen-bond acceptors (Lipinski definition) is 2. The molecule has 0 amide bonds. The van der Waals surface area contributed by atoms with Crippen LogP contribution in [0.5, 0.6) is 11.5 Å². The smallest absolute Gasteiger partial charge is 0.161 e. The molecule has 0 spiro atoms. The van der Waals surface area contributed by atoms with E-state index < -0.39 is 0 Å². The number of aromatic hydroxyl groups is 2. The molecular formula is C18H20O2. The normalized spacial score (nSPS) is 17.4. The summed E-state index contributed by atoms with van der Waals surface area (Å²) in [4.78, 5) is 0. The maximum absolute atomic E-state index is 10.2. The average Bonchev–Trinajstić information content (AvgIpc) is 2.83. The number of phenols is 2. The van der Waals surface area contributed by atoms with E-state index in [0.29, 0.717) is 5.92 Å². The van der Waals surface area contributed by atoms with Gasteiger partial charge in [-0.3, -0.25) is 0 Å². The monoisotopic (exact) mass is 268 g/mol. The maximum Gasteiger partial charge on any atom is 0.161 e. The van der Waals surface area contributed by atoms with Crippen LogP contribution in [0.2, 0.25) is 0 Å². The molecule has 1 aliphatic rings. The lowest BCUT2D eigenvalue weighted by atomic mass is 9.85. The van der Waals surface area contributed by atoms with Crippen LogP contribution in [0, 0.1) is 0 Å². The zero-order chi connectivity index (χ0) is 14.3. The SMILES string of the molecule is CC(C)c1c(O)c(O)cc2c1C(c1ccccc1)CC2. The molecular weight excluding hydrogens is 248 g/mol. The molecule has 1 atom stereocenters. The summed E-state index contributed by atoms with van der Waals surface area (Å²) in [5.74, 6) is 0.595. The third-order valence-electron chi connectivity index (χ3n) is 4.27. The first-order valence-corrected chi connectivity index (χ1v) is 7.22. The summed E-state index contributed by atoms with van der Waals surface area (Å²) in [5, 5.41) is 20.2. The Bertz CT molecular complexity index is 630. The number of aryl methyl sites for hydroxylation is 1. The molecule has 104 valence electrons. The second-order valence-corrected chi connectivity index (χ2v) is 5.89. The van der Waals surface area contributed by atoms with E-state index in [0.717, 1.165) is 18.4 Å². The van der Waals surface area contributed by atoms with E-state index in [9.17, 15) is 10.2 Å². The zero-order valence-corrected chi connectivity index (χ0v) is 11.9. The van der Waals surface area contributed by atoms with E-state index in [2.05, 4.69) is 38.1 Å². The van der Waals surface area contributed by atoms with Crippen LogP contribution in [-0.4, -0.2) is 10.2 Å². The predicted octanol–water partition coefficient (Wildman–Crippen LogP) is 4.30. The van der Waals surface area contributed by atoms with Crippen LogP contribution in [0.1, 0.15) is 54.4 Å². The largest absolute Gasteiger partial charge is 0.504 e. The zero-order valence-electron chi connectivity index (χ0n) is 11.9. The Labute approximate surface area is 119 Å². The summed E-state index contributed by atoms with van der Waals surface area (Å²) in [6, 6.07) is 12.2. The average molecular weight is 268 g/mol. The molecule has 0 aromatic heterocycles. The first-order valence-electron chi connectivity index (χ1n) is 7.22. The van der Waals surface area contributed by atoms with Gasteiger partial charge in [-0.1, -0.05) is 44.2 Å². The molecule has 0 aliphatic heterocycles. The fourth-order valence-electron chi connectivity index (χ4n) is 3.42. The van der Waals surface area contributed by atoms with E-state index in [1.54, 1.807) is 6.07 Å². The molecule has 1 unspecified atom stereocenters. The molecule has 0 saturated carbocycles. The highest BCUT2D eigenvalue weighted by atomic mass is 16.3. The van der Waals surface area contributed by atoms with Crippen molar-refractivity contribution >= 4 is 0 Å². The fraction of sp³-hybridized carbons (Fsp3) is 0.333. The van der Waals surface area contributed by atoms with Crippen molar-refractivity contribution in [1.82, 2.24) is 0 Å². The minimum atomic E-state index is 0.0150. The Kier molecular flexibility index (Phi) is 3.17. The van der Waals surface area contributed by atoms with E-state index in [1.165, 1.54) is 16.7 Å². The number of fused-ring (bicyclic) bond motifs is 1. The maximum atomic E-state index is 10.2. The third kappa shape index (κ3) is 1.96. The lowest BCUT2D eigenvalue weighted by molar-refractivity contribution is 0.396. The Morgan fingerprint density at radius 3 is 2.45 bits per heavy atom. The second-order valence-electron chi connectivity index (χ2n) is 5.89. The number of phenolic OH excluding ortho intramolecular Hbond substituents is 2. The molecule has 0 radical (unpaired) electrons. The van der Waals surface area contributed by atoms with E-state index in [-0.39, 0.29) is 17.4 Å². The molecule has 1 aliphatic carbocycles. The van der Waals surface area contributed by atoms with Crippen LogP contribution in [0.3, 0.4) is 0 Å². The Morgan fingerprint density at radius 2 is 1.80 bits per heavy atom. The van der Waals surface area contributed by atoms with E-state index >= 15 is 0 Å². The summed E-state index contributed by atoms with van der Waals surface area (Å²) in [6.07, 6.45) is 2.00. The van der Waals surface area contributed by atoms with Gasteiger partial charge in [0.05, 0.1) is 0 Å². The van der Waals surface area contributed by atoms with Crippen molar-refractivity contribution in [2.45, 2.75) is 38.5 Å². The van der Waals surface area contributed by atoms with Gasteiger partial charge in [0.25, 0.3) is 0 Å². The van der Waals surface area contributed by atoms with Gasteiger partial charge < -0.3 is 10.2 Å². The van der Waals surface area contributed by atoms with Crippen molar-refractivity contribution in [1.29, 1.82) is 0 Å². The van der Waals surface area contributed by atoms with Gasteiger partial charge in [0, 0.05) is 11.5 Å². The highest BCUT2D eigenvalue weighted by molar-refractivity contribution is 5.59. The number of rotatable bonds is 2. The van der Waals surface area contributed by atoms with Gasteiger partial charge in [0.2, 0.25) is 0 Å². The number of hydrogen-bond donors (Lipinski definition) is 2. The Morgan fingerprint density at radius 1 is 1.10 bits per heavy atom. The first kappa shape index (κ1) is 13.0. The van der Waals surface area contributed by atoms with Crippen LogP contribution in [0.25, 0.3) is 0 Å². The van der Waals surface area contributed by atoms with Gasteiger partial charge >= 0.3 is 0 Å². The number of benzene rings is 2. The highest BCUT2D eigenvalue weighted by Crippen LogP contribution is 2.48. The van der Waals surface area contributed by atoms with Gasteiger partial charge in [-0.25, -0.2) is 0 Å². The standard InChI is InChI=1S/C18H20O2/c1-11(2)16-17-13(10-15(19)18(16)20)8-9-14(17)12-6-4-3-5-7-12/h3-7,10-11,14,19-20H,8-9H2,1-2H3. The van der Waals surface area contributed by atoms with Crippen LogP contribution < -0.4 is 0 Å². The second kappa shape index (κ2) is 4.86. The van der Waals surface area contributed by atoms with Gasteiger partial charge in [0.1, 0.15) is 0 Å². The van der Waals surface area contributed by atoms with Crippen molar-refractivity contribution in [2.75, 3.05) is 0 Å². The lowest BCUT2D eigenvalue weighted by Crippen LogP contribution is -2.03. The van der Waals surface area contributed by atoms with Crippen LogP contribution in [-0.2, 0) is 6.42 Å². The predicted molar refractivity (Wildman–Crippen MR) is 80.5 cm³/mol. The Balaban J connectivity index is 2.20. The van der Waals surface area contributed by atoms with E-state index in [1.807, 2.05) is 6.07 Å². The van der Waals surface area contributed by atoms with Crippen molar-refractivity contribution in [2.24, 2.45) is 0 Å². The summed E-state index contributed by atoms with van der Waals surface area (Å²) >= 11 is 0. The van der Waals surface area contributed by atoms with Gasteiger partial charge in [-0.05, 0) is 41.5 Å². The third-order valence-corrected chi connectivity index (χ3v) is 4.27. The lowest BCUT2D eigenvalue weighted by Gasteiger charge is -2.20. The van der Waals surface area contributed by atoms with Gasteiger partial charge in [-0.2, -0.15) is 0 Å². The summed E-state index contributed by atoms with van der Waals surface area (Å²) in [5.41, 5.74) is 4.60. The minimum Gasteiger partial charge on any atom is -0.504 e. The molecule has 20 heavy (non-hydrogen) atoms. The van der Waals surface area contributed by atoms with Crippen LogP contribution in [0.15, 0.2) is 36.4 Å². The Hall–Kier alpha value is -1.96. The van der Waals surface area contributed by atoms with Gasteiger partial charge in [-0.15, -0.1) is 0 Å². The molecule has 2 nitrogen and oxygen atoms in total. The van der Waals surface area contributed by atoms with Crippen LogP contribution in [0.4, 0.5) is 0 Å². The van der Waals surface area contributed by atoms with Gasteiger partial charge in [0.15, 0.2) is 11.5 Å². The molecule has 0 bridgehead atoms. The molecule has 0 heterocycles. The van der Waals surface area contributed by atoms with Crippen LogP contribution >= 0.6 is 0 Å². The fourth-order valence-corrected chi connectivity index (χ4v) is 3.42. The van der Waals surface area contributed by atoms with Crippen molar-refractivity contribution in [3.63, 3.8) is 0 Å². The quantitative estimate of drug-likeness (QED) is 0.797. The molecule has 3 rings (SSSR count). The summed E-state index contributed by atoms with van der Waals surface area (Å²) < 4.78 is 0. The van der Waals surface area contributed by atoms with Crippen molar-refractivity contribution in [3.8, 4) is 11.5 Å². The van der Waals surface area contributed by atoms with Crippen molar-refractivity contribution < 1.29 is 10.2 Å².